The number of carbonyl (C=O) groups is 2. The molecule has 5 nitrogen and oxygen atoms in total. The van der Waals surface area contributed by atoms with Crippen LogP contribution in [-0.2, 0) is 20.9 Å². The number of ether oxygens (including phenoxy) is 1. The molecule has 5 heteroatoms. The summed E-state index contributed by atoms with van der Waals surface area (Å²) in [6, 6.07) is 8.52. The second-order valence-electron chi connectivity index (χ2n) is 6.14. The Hall–Kier alpha value is -2.14. The molecule has 0 radical (unpaired) electrons. The van der Waals surface area contributed by atoms with Crippen LogP contribution in [0.1, 0.15) is 31.2 Å². The van der Waals surface area contributed by atoms with Gasteiger partial charge in [-0.25, -0.2) is 4.79 Å². The number of hydrogen-bond donors (Lipinski definition) is 1. The van der Waals surface area contributed by atoms with E-state index in [1.54, 1.807) is 4.90 Å². The van der Waals surface area contributed by atoms with Gasteiger partial charge in [0.1, 0.15) is 12.6 Å². The number of hydrogen-bond acceptors (Lipinski definition) is 4. The Morgan fingerprint density at radius 1 is 1.17 bits per heavy atom. The molecule has 3 rings (SSSR count). The van der Waals surface area contributed by atoms with E-state index in [1.807, 2.05) is 36.4 Å². The van der Waals surface area contributed by atoms with Crippen LogP contribution in [0.25, 0.3) is 0 Å². The Morgan fingerprint density at radius 3 is 2.70 bits per heavy atom. The quantitative estimate of drug-likeness (QED) is 0.681. The maximum Gasteiger partial charge on any atom is 0.329 e. The van der Waals surface area contributed by atoms with Crippen LogP contribution in [0.4, 0.5) is 0 Å². The molecule has 1 saturated heterocycles. The summed E-state index contributed by atoms with van der Waals surface area (Å²) in [5, 5.41) is 0. The molecule has 1 fully saturated rings. The number of amides is 1. The number of esters is 1. The summed E-state index contributed by atoms with van der Waals surface area (Å²) in [6.45, 7) is 0.231. The van der Waals surface area contributed by atoms with E-state index in [2.05, 4.69) is 6.08 Å². The van der Waals surface area contributed by atoms with E-state index in [0.717, 1.165) is 18.4 Å². The minimum Gasteiger partial charge on any atom is -0.459 e. The molecule has 1 amide bonds. The van der Waals surface area contributed by atoms with Gasteiger partial charge in [0.15, 0.2) is 0 Å². The summed E-state index contributed by atoms with van der Waals surface area (Å²) >= 11 is 0. The lowest BCUT2D eigenvalue weighted by atomic mass is 10.1. The molecule has 23 heavy (non-hydrogen) atoms. The van der Waals surface area contributed by atoms with Gasteiger partial charge in [-0.1, -0.05) is 42.5 Å². The molecule has 0 saturated carbocycles. The summed E-state index contributed by atoms with van der Waals surface area (Å²) in [5.74, 6) is -0.472. The van der Waals surface area contributed by atoms with Crippen molar-refractivity contribution in [2.45, 2.75) is 50.4 Å². The van der Waals surface area contributed by atoms with Crippen molar-refractivity contribution in [3.8, 4) is 0 Å². The molecule has 0 bridgehead atoms. The maximum absolute atomic E-state index is 12.5. The Morgan fingerprint density at radius 2 is 1.91 bits per heavy atom. The van der Waals surface area contributed by atoms with Crippen molar-refractivity contribution >= 4 is 11.9 Å². The van der Waals surface area contributed by atoms with Crippen LogP contribution in [0, 0.1) is 0 Å². The zero-order valence-corrected chi connectivity index (χ0v) is 13.1. The Balaban J connectivity index is 1.68. The zero-order valence-electron chi connectivity index (χ0n) is 13.1. The first-order valence-electron chi connectivity index (χ1n) is 8.10. The van der Waals surface area contributed by atoms with Crippen molar-refractivity contribution < 1.29 is 14.3 Å². The van der Waals surface area contributed by atoms with Crippen LogP contribution in [-0.4, -0.2) is 34.9 Å². The smallest absolute Gasteiger partial charge is 0.329 e. The summed E-state index contributed by atoms with van der Waals surface area (Å²) < 4.78 is 5.42. The normalized spacial score (nSPS) is 28.7. The third-order valence-electron chi connectivity index (χ3n) is 4.54. The van der Waals surface area contributed by atoms with Crippen molar-refractivity contribution in [1.82, 2.24) is 4.90 Å². The number of carbonyl (C=O) groups excluding carboxylic acids is 2. The predicted molar refractivity (Wildman–Crippen MR) is 86.2 cm³/mol. The first kappa shape index (κ1) is 15.7. The Labute approximate surface area is 136 Å². The largest absolute Gasteiger partial charge is 0.459 e. The molecular formula is C18H22N2O3. The van der Waals surface area contributed by atoms with Gasteiger partial charge in [-0.2, -0.15) is 0 Å². The minimum absolute atomic E-state index is 0.0550. The molecule has 3 atom stereocenters. The molecule has 1 aromatic carbocycles. The van der Waals surface area contributed by atoms with Crippen LogP contribution in [0.15, 0.2) is 42.5 Å². The summed E-state index contributed by atoms with van der Waals surface area (Å²) in [6.07, 6.45) is 6.77. The number of benzene rings is 1. The SMILES string of the molecule is N[C@H]1C/C=C\C[C@H]2CC[C@@H](C(=O)OCc3ccccc3)N2C1=O. The number of fused-ring (bicyclic) bond motifs is 1. The van der Waals surface area contributed by atoms with Crippen LogP contribution < -0.4 is 5.73 Å². The molecule has 122 valence electrons. The molecule has 0 aliphatic carbocycles. The first-order chi connectivity index (χ1) is 11.2. The molecule has 0 spiro atoms. The van der Waals surface area contributed by atoms with E-state index in [1.165, 1.54) is 0 Å². The van der Waals surface area contributed by atoms with Crippen molar-refractivity contribution in [2.24, 2.45) is 5.73 Å². The van der Waals surface area contributed by atoms with E-state index in [-0.39, 0.29) is 24.5 Å². The molecular weight excluding hydrogens is 292 g/mol. The van der Waals surface area contributed by atoms with E-state index in [9.17, 15) is 9.59 Å². The highest BCUT2D eigenvalue weighted by molar-refractivity contribution is 5.88. The van der Waals surface area contributed by atoms with Crippen LogP contribution in [0.5, 0.6) is 0 Å². The molecule has 2 heterocycles. The van der Waals surface area contributed by atoms with Gasteiger partial charge in [0.2, 0.25) is 5.91 Å². The van der Waals surface area contributed by atoms with Crippen molar-refractivity contribution in [2.75, 3.05) is 0 Å². The molecule has 0 aromatic heterocycles. The predicted octanol–water partition coefficient (Wildman–Crippen LogP) is 1.77. The number of nitrogens with two attached hydrogens (primary N) is 1. The Bertz CT molecular complexity index is 600. The van der Waals surface area contributed by atoms with Gasteiger partial charge in [-0.15, -0.1) is 0 Å². The lowest BCUT2D eigenvalue weighted by Gasteiger charge is -2.32. The van der Waals surface area contributed by atoms with E-state index >= 15 is 0 Å². The molecule has 1 aromatic rings. The van der Waals surface area contributed by atoms with Crippen molar-refractivity contribution in [3.63, 3.8) is 0 Å². The highest BCUT2D eigenvalue weighted by Gasteiger charge is 2.42. The third kappa shape index (κ3) is 3.45. The monoisotopic (exact) mass is 314 g/mol. The minimum atomic E-state index is -0.573. The fraction of sp³-hybridized carbons (Fsp3) is 0.444. The van der Waals surface area contributed by atoms with Crippen LogP contribution in [0.2, 0.25) is 0 Å². The number of nitrogens with zero attached hydrogens (tertiary/aromatic N) is 1. The molecule has 0 unspecified atom stereocenters. The van der Waals surface area contributed by atoms with Gasteiger partial charge >= 0.3 is 5.97 Å². The van der Waals surface area contributed by atoms with Gasteiger partial charge < -0.3 is 15.4 Å². The van der Waals surface area contributed by atoms with Gasteiger partial charge in [-0.05, 0) is 31.2 Å². The van der Waals surface area contributed by atoms with E-state index in [4.69, 9.17) is 10.5 Å². The lowest BCUT2D eigenvalue weighted by molar-refractivity contribution is -0.156. The zero-order chi connectivity index (χ0) is 16.2. The van der Waals surface area contributed by atoms with E-state index < -0.39 is 12.1 Å². The fourth-order valence-corrected chi connectivity index (χ4v) is 3.29. The second-order valence-corrected chi connectivity index (χ2v) is 6.14. The first-order valence-corrected chi connectivity index (χ1v) is 8.10. The number of rotatable bonds is 3. The molecule has 2 aliphatic rings. The molecule has 2 N–H and O–H groups in total. The highest BCUT2D eigenvalue weighted by atomic mass is 16.5. The fourth-order valence-electron chi connectivity index (χ4n) is 3.29. The van der Waals surface area contributed by atoms with Gasteiger partial charge in [-0.3, -0.25) is 4.79 Å². The van der Waals surface area contributed by atoms with Gasteiger partial charge in [0.25, 0.3) is 0 Å². The van der Waals surface area contributed by atoms with Crippen molar-refractivity contribution in [1.29, 1.82) is 0 Å². The lowest BCUT2D eigenvalue weighted by Crippen LogP contribution is -2.52. The Kier molecular flexibility index (Phi) is 4.76. The van der Waals surface area contributed by atoms with Crippen LogP contribution >= 0.6 is 0 Å². The maximum atomic E-state index is 12.5. The van der Waals surface area contributed by atoms with Crippen LogP contribution in [0.3, 0.4) is 0 Å². The average molecular weight is 314 g/mol. The van der Waals surface area contributed by atoms with Crippen molar-refractivity contribution in [3.05, 3.63) is 48.0 Å². The summed E-state index contributed by atoms with van der Waals surface area (Å²) in [7, 11) is 0. The average Bonchev–Trinajstić information content (AvgIpc) is 2.99. The highest BCUT2D eigenvalue weighted by Crippen LogP contribution is 2.30. The molecule has 2 aliphatic heterocycles. The van der Waals surface area contributed by atoms with Gasteiger partial charge in [0, 0.05) is 6.04 Å². The third-order valence-corrected chi connectivity index (χ3v) is 4.54. The van der Waals surface area contributed by atoms with Gasteiger partial charge in [0.05, 0.1) is 6.04 Å². The topological polar surface area (TPSA) is 72.6 Å². The summed E-state index contributed by atoms with van der Waals surface area (Å²) in [5.41, 5.74) is 6.88. The van der Waals surface area contributed by atoms with E-state index in [0.29, 0.717) is 12.8 Å². The summed E-state index contributed by atoms with van der Waals surface area (Å²) in [4.78, 5) is 26.6. The second kappa shape index (κ2) is 6.96. The standard InChI is InChI=1S/C18H22N2O3/c19-15-9-5-4-8-14-10-11-16(20(14)17(15)21)18(22)23-12-13-6-2-1-3-7-13/h1-7,14-16H,8-12,19H2/b5-4-/t14-,15-,16-/m0/s1.